The van der Waals surface area contributed by atoms with Crippen molar-refractivity contribution >= 4 is 22.5 Å². The van der Waals surface area contributed by atoms with Crippen molar-refractivity contribution in [3.05, 3.63) is 28.9 Å². The molecule has 2 aromatic rings. The van der Waals surface area contributed by atoms with E-state index in [1.165, 1.54) is 0 Å². The van der Waals surface area contributed by atoms with Crippen LogP contribution in [0.3, 0.4) is 0 Å². The smallest absolute Gasteiger partial charge is 0.132 e. The van der Waals surface area contributed by atoms with Gasteiger partial charge in [-0.15, -0.1) is 0 Å². The topological polar surface area (TPSA) is 54.7 Å². The van der Waals surface area contributed by atoms with Gasteiger partial charge in [-0.25, -0.2) is 0 Å². The molecule has 0 atom stereocenters. The minimum atomic E-state index is -0.102. The Balaban J connectivity index is 2.23. The standard InChI is InChI=1S/C10H10ClN3/c11-9-7-5-6(10(12)3-4-10)1-2-8(7)13-14-9/h1-2,5H,3-4,12H2,(H,13,14). The molecule has 1 aromatic heterocycles. The molecule has 4 heteroatoms. The molecule has 1 saturated carbocycles. The molecule has 3 N–H and O–H groups in total. The molecular formula is C10H10ClN3. The lowest BCUT2D eigenvalue weighted by Gasteiger charge is -2.08. The predicted octanol–water partition coefficient (Wildman–Crippen LogP) is 2.16. The van der Waals surface area contributed by atoms with Crippen molar-refractivity contribution in [3.63, 3.8) is 0 Å². The normalized spacial score (nSPS) is 18.7. The Bertz CT molecular complexity index is 499. The Morgan fingerprint density at radius 1 is 1.43 bits per heavy atom. The van der Waals surface area contributed by atoms with Gasteiger partial charge in [-0.05, 0) is 30.5 Å². The lowest BCUT2D eigenvalue weighted by molar-refractivity contribution is 0.741. The molecule has 0 spiro atoms. The van der Waals surface area contributed by atoms with E-state index in [-0.39, 0.29) is 5.54 Å². The maximum atomic E-state index is 6.10. The Morgan fingerprint density at radius 3 is 2.93 bits per heavy atom. The SMILES string of the molecule is NC1(c2ccc3n[nH]c(Cl)c3c2)CC1. The van der Waals surface area contributed by atoms with Crippen LogP contribution < -0.4 is 5.73 Å². The van der Waals surface area contributed by atoms with Crippen molar-refractivity contribution < 1.29 is 0 Å². The quantitative estimate of drug-likeness (QED) is 0.753. The van der Waals surface area contributed by atoms with Crippen molar-refractivity contribution in [3.8, 4) is 0 Å². The van der Waals surface area contributed by atoms with Crippen LogP contribution in [0, 0.1) is 0 Å². The number of rotatable bonds is 1. The molecular weight excluding hydrogens is 198 g/mol. The Morgan fingerprint density at radius 2 is 2.21 bits per heavy atom. The molecule has 0 bridgehead atoms. The van der Waals surface area contributed by atoms with E-state index in [9.17, 15) is 0 Å². The summed E-state index contributed by atoms with van der Waals surface area (Å²) in [7, 11) is 0. The zero-order valence-corrected chi connectivity index (χ0v) is 8.30. The highest BCUT2D eigenvalue weighted by Gasteiger charge is 2.40. The van der Waals surface area contributed by atoms with Crippen LogP contribution in [-0.2, 0) is 5.54 Å². The van der Waals surface area contributed by atoms with Crippen LogP contribution in [0.4, 0.5) is 0 Å². The van der Waals surface area contributed by atoms with Crippen molar-refractivity contribution in [2.45, 2.75) is 18.4 Å². The number of fused-ring (bicyclic) bond motifs is 1. The second kappa shape index (κ2) is 2.49. The molecule has 3 nitrogen and oxygen atoms in total. The Hall–Kier alpha value is -1.06. The lowest BCUT2D eigenvalue weighted by atomic mass is 10.0. The number of nitrogens with one attached hydrogen (secondary N) is 1. The van der Waals surface area contributed by atoms with Gasteiger partial charge in [-0.1, -0.05) is 17.7 Å². The summed E-state index contributed by atoms with van der Waals surface area (Å²) >= 11 is 5.96. The third kappa shape index (κ3) is 1.06. The zero-order valence-electron chi connectivity index (χ0n) is 7.55. The molecule has 1 aromatic carbocycles. The Labute approximate surface area is 86.2 Å². The van der Waals surface area contributed by atoms with E-state index in [0.717, 1.165) is 29.3 Å². The van der Waals surface area contributed by atoms with Crippen molar-refractivity contribution in [1.82, 2.24) is 10.2 Å². The molecule has 1 fully saturated rings. The van der Waals surface area contributed by atoms with Gasteiger partial charge in [0.2, 0.25) is 0 Å². The van der Waals surface area contributed by atoms with E-state index in [1.807, 2.05) is 18.2 Å². The second-order valence-corrected chi connectivity index (χ2v) is 4.30. The summed E-state index contributed by atoms with van der Waals surface area (Å²) in [4.78, 5) is 0. The van der Waals surface area contributed by atoms with Crippen LogP contribution in [0.5, 0.6) is 0 Å². The minimum absolute atomic E-state index is 0.102. The third-order valence-electron chi connectivity index (χ3n) is 2.87. The molecule has 3 rings (SSSR count). The predicted molar refractivity (Wildman–Crippen MR) is 56.2 cm³/mol. The number of hydrogen-bond donors (Lipinski definition) is 2. The van der Waals surface area contributed by atoms with Gasteiger partial charge in [0.25, 0.3) is 0 Å². The number of H-pyrrole nitrogens is 1. The van der Waals surface area contributed by atoms with Gasteiger partial charge in [0.15, 0.2) is 0 Å². The first-order chi connectivity index (χ1) is 6.69. The van der Waals surface area contributed by atoms with Crippen LogP contribution in [0.1, 0.15) is 18.4 Å². The number of nitrogens with zero attached hydrogens (tertiary/aromatic N) is 1. The number of nitrogens with two attached hydrogens (primary N) is 1. The molecule has 1 heterocycles. The summed E-state index contributed by atoms with van der Waals surface area (Å²) in [5, 5.41) is 8.36. The van der Waals surface area contributed by atoms with Gasteiger partial charge >= 0.3 is 0 Å². The minimum Gasteiger partial charge on any atom is -0.321 e. The van der Waals surface area contributed by atoms with Gasteiger partial charge in [-0.3, -0.25) is 5.10 Å². The summed E-state index contributed by atoms with van der Waals surface area (Å²) in [5.41, 5.74) is 8.05. The molecule has 14 heavy (non-hydrogen) atoms. The first-order valence-corrected chi connectivity index (χ1v) is 5.00. The first kappa shape index (κ1) is 8.26. The number of halogens is 1. The van der Waals surface area contributed by atoms with Gasteiger partial charge < -0.3 is 5.73 Å². The largest absolute Gasteiger partial charge is 0.321 e. The second-order valence-electron chi connectivity index (χ2n) is 3.93. The van der Waals surface area contributed by atoms with Crippen molar-refractivity contribution in [2.75, 3.05) is 0 Å². The first-order valence-electron chi connectivity index (χ1n) is 4.62. The van der Waals surface area contributed by atoms with E-state index in [2.05, 4.69) is 10.2 Å². The molecule has 0 radical (unpaired) electrons. The average Bonchev–Trinajstić information content (AvgIpc) is 2.84. The molecule has 72 valence electrons. The summed E-state index contributed by atoms with van der Waals surface area (Å²) in [6, 6.07) is 6.03. The molecule has 1 aliphatic rings. The average molecular weight is 208 g/mol. The van der Waals surface area contributed by atoms with Crippen LogP contribution in [0.25, 0.3) is 10.9 Å². The van der Waals surface area contributed by atoms with E-state index in [4.69, 9.17) is 17.3 Å². The van der Waals surface area contributed by atoms with Gasteiger partial charge in [0, 0.05) is 10.9 Å². The fourth-order valence-electron chi connectivity index (χ4n) is 1.71. The maximum absolute atomic E-state index is 6.10. The molecule has 0 amide bonds. The summed E-state index contributed by atoms with van der Waals surface area (Å²) in [6.07, 6.45) is 2.13. The summed E-state index contributed by atoms with van der Waals surface area (Å²) in [5.74, 6) is 0. The molecule has 0 saturated heterocycles. The molecule has 0 aliphatic heterocycles. The van der Waals surface area contributed by atoms with E-state index in [0.29, 0.717) is 5.15 Å². The maximum Gasteiger partial charge on any atom is 0.132 e. The number of aromatic amines is 1. The van der Waals surface area contributed by atoms with Gasteiger partial charge in [0.05, 0.1) is 5.52 Å². The van der Waals surface area contributed by atoms with Crippen molar-refractivity contribution in [1.29, 1.82) is 0 Å². The number of benzene rings is 1. The fourth-order valence-corrected chi connectivity index (χ4v) is 1.91. The summed E-state index contributed by atoms with van der Waals surface area (Å²) in [6.45, 7) is 0. The van der Waals surface area contributed by atoms with E-state index >= 15 is 0 Å². The summed E-state index contributed by atoms with van der Waals surface area (Å²) < 4.78 is 0. The lowest BCUT2D eigenvalue weighted by Crippen LogP contribution is -2.18. The highest BCUT2D eigenvalue weighted by molar-refractivity contribution is 6.34. The third-order valence-corrected chi connectivity index (χ3v) is 3.16. The molecule has 0 unspecified atom stereocenters. The van der Waals surface area contributed by atoms with E-state index in [1.54, 1.807) is 0 Å². The monoisotopic (exact) mass is 207 g/mol. The van der Waals surface area contributed by atoms with E-state index < -0.39 is 0 Å². The van der Waals surface area contributed by atoms with Crippen LogP contribution in [-0.4, -0.2) is 10.2 Å². The van der Waals surface area contributed by atoms with Gasteiger partial charge in [0.1, 0.15) is 5.15 Å². The molecule has 1 aliphatic carbocycles. The fraction of sp³-hybridized carbons (Fsp3) is 0.300. The van der Waals surface area contributed by atoms with Crippen molar-refractivity contribution in [2.24, 2.45) is 5.73 Å². The number of hydrogen-bond acceptors (Lipinski definition) is 2. The zero-order chi connectivity index (χ0) is 9.76. The highest BCUT2D eigenvalue weighted by atomic mass is 35.5. The van der Waals surface area contributed by atoms with Crippen LogP contribution >= 0.6 is 11.6 Å². The highest BCUT2D eigenvalue weighted by Crippen LogP contribution is 2.43. The van der Waals surface area contributed by atoms with Gasteiger partial charge in [-0.2, -0.15) is 5.10 Å². The Kier molecular flexibility index (Phi) is 1.47. The number of aromatic nitrogens is 2. The van der Waals surface area contributed by atoms with Crippen LogP contribution in [0.2, 0.25) is 5.15 Å². The van der Waals surface area contributed by atoms with Crippen LogP contribution in [0.15, 0.2) is 18.2 Å².